The van der Waals surface area contributed by atoms with Gasteiger partial charge in [0.15, 0.2) is 5.43 Å². The van der Waals surface area contributed by atoms with Crippen molar-refractivity contribution in [3.05, 3.63) is 64.0 Å². The Morgan fingerprint density at radius 2 is 1.75 bits per heavy atom. The van der Waals surface area contributed by atoms with Crippen molar-refractivity contribution in [2.75, 3.05) is 6.61 Å². The van der Waals surface area contributed by atoms with E-state index >= 15 is 0 Å². The van der Waals surface area contributed by atoms with Gasteiger partial charge in [0.1, 0.15) is 46.2 Å². The number of benzene rings is 2. The summed E-state index contributed by atoms with van der Waals surface area (Å²) in [5.74, 6) is 0.316. The van der Waals surface area contributed by atoms with Crippen LogP contribution < -0.4 is 10.2 Å². The second-order valence-electron chi connectivity index (χ2n) is 7.77. The van der Waals surface area contributed by atoms with E-state index in [1.54, 1.807) is 24.3 Å². The van der Waals surface area contributed by atoms with E-state index in [4.69, 9.17) is 13.9 Å². The molecule has 4 rings (SSSR count). The smallest absolute Gasteiger partial charge is 0.226 e. The number of fused-ring (bicyclic) bond motifs is 1. The van der Waals surface area contributed by atoms with Crippen molar-refractivity contribution in [3.8, 4) is 17.2 Å². The summed E-state index contributed by atoms with van der Waals surface area (Å²) in [5.41, 5.74) is 0.653. The highest BCUT2D eigenvalue weighted by atomic mass is 16.7. The highest BCUT2D eigenvalue weighted by Gasteiger charge is 2.37. The van der Waals surface area contributed by atoms with Crippen LogP contribution in [-0.2, 0) is 17.6 Å². The van der Waals surface area contributed by atoms with Gasteiger partial charge in [0, 0.05) is 31.0 Å². The van der Waals surface area contributed by atoms with Crippen LogP contribution in [0.25, 0.3) is 11.0 Å². The minimum atomic E-state index is -1.18. The van der Waals surface area contributed by atoms with Gasteiger partial charge in [0.05, 0.1) is 12.7 Å². The van der Waals surface area contributed by atoms with Gasteiger partial charge in [0.25, 0.3) is 0 Å². The molecule has 32 heavy (non-hydrogen) atoms. The van der Waals surface area contributed by atoms with E-state index in [0.29, 0.717) is 18.6 Å². The fourth-order valence-corrected chi connectivity index (χ4v) is 3.68. The summed E-state index contributed by atoms with van der Waals surface area (Å²) in [6.45, 7) is -0.448. The van der Waals surface area contributed by atoms with Gasteiger partial charge >= 0.3 is 0 Å². The van der Waals surface area contributed by atoms with Crippen molar-refractivity contribution in [3.63, 3.8) is 0 Å². The number of phenols is 2. The molecule has 0 saturated carbocycles. The van der Waals surface area contributed by atoms with E-state index in [1.807, 2.05) is 0 Å². The summed E-state index contributed by atoms with van der Waals surface area (Å²) in [7, 11) is 0. The molecule has 1 aromatic heterocycles. The zero-order valence-electron chi connectivity index (χ0n) is 17.0. The Morgan fingerprint density at radius 3 is 2.47 bits per heavy atom. The fourth-order valence-electron chi connectivity index (χ4n) is 3.68. The lowest BCUT2D eigenvalue weighted by Crippen LogP contribution is -2.50. The Labute approximate surface area is 182 Å². The zero-order chi connectivity index (χ0) is 22.8. The maximum Gasteiger partial charge on any atom is 0.226 e. The number of rotatable bonds is 6. The van der Waals surface area contributed by atoms with Crippen molar-refractivity contribution in [2.45, 2.75) is 43.9 Å². The third-order valence-corrected chi connectivity index (χ3v) is 5.40. The number of phenolic OH excluding ortho intramolecular Hbond substituents is 2. The van der Waals surface area contributed by atoms with E-state index in [-0.39, 0.29) is 34.6 Å². The molecule has 4 atom stereocenters. The van der Waals surface area contributed by atoms with Crippen LogP contribution in [0.4, 0.5) is 0 Å². The maximum absolute atomic E-state index is 12.5. The van der Waals surface area contributed by atoms with Gasteiger partial charge in [-0.15, -0.1) is 0 Å². The van der Waals surface area contributed by atoms with Crippen molar-refractivity contribution in [1.29, 1.82) is 0 Å². The van der Waals surface area contributed by atoms with Crippen LogP contribution in [0, 0.1) is 0 Å². The molecular weight excluding hydrogens is 420 g/mol. The molecule has 5 N–H and O–H groups in total. The van der Waals surface area contributed by atoms with Crippen LogP contribution in [0.15, 0.2) is 51.7 Å². The fraction of sp³-hybridized carbons (Fsp3) is 0.348. The molecule has 4 unspecified atom stereocenters. The molecule has 9 heteroatoms. The quantitative estimate of drug-likeness (QED) is 0.378. The van der Waals surface area contributed by atoms with Crippen LogP contribution in [0.2, 0.25) is 0 Å². The standard InChI is InChI=1S/C23H24O9/c24-11-21-16(26)10-19(29)23(32-21)31-15-8-18(28)22-17(27)7-14(30-20(22)9-15)6-3-12-1-4-13(25)5-2-12/h1-2,4-5,7-9,16,19,21,23-26,28-29H,3,6,10-11H2. The lowest BCUT2D eigenvalue weighted by Gasteiger charge is -2.36. The number of aliphatic hydroxyl groups excluding tert-OH is 3. The summed E-state index contributed by atoms with van der Waals surface area (Å²) in [6.07, 6.45) is -3.35. The Bertz CT molecular complexity index is 1140. The Kier molecular flexibility index (Phi) is 6.33. The van der Waals surface area contributed by atoms with Crippen molar-refractivity contribution < 1.29 is 39.4 Å². The highest BCUT2D eigenvalue weighted by molar-refractivity contribution is 5.84. The Hall–Kier alpha value is -3.11. The minimum Gasteiger partial charge on any atom is -0.508 e. The third kappa shape index (κ3) is 4.71. The van der Waals surface area contributed by atoms with E-state index < -0.39 is 36.6 Å². The molecule has 0 bridgehead atoms. The predicted molar refractivity (Wildman–Crippen MR) is 113 cm³/mol. The van der Waals surface area contributed by atoms with Gasteiger partial charge in [-0.3, -0.25) is 4.79 Å². The first-order valence-electron chi connectivity index (χ1n) is 10.2. The molecule has 170 valence electrons. The normalized spacial score (nSPS) is 23.3. The SMILES string of the molecule is O=c1cc(CCc2ccc(O)cc2)oc2cc(OC3OC(CO)C(O)CC3O)cc(O)c12. The number of aliphatic hydroxyl groups is 3. The van der Waals surface area contributed by atoms with Gasteiger partial charge in [-0.2, -0.15) is 0 Å². The van der Waals surface area contributed by atoms with E-state index in [0.717, 1.165) is 5.56 Å². The molecule has 0 amide bonds. The summed E-state index contributed by atoms with van der Waals surface area (Å²) in [6, 6.07) is 10.7. The van der Waals surface area contributed by atoms with Gasteiger partial charge in [-0.05, 0) is 24.1 Å². The van der Waals surface area contributed by atoms with E-state index in [1.165, 1.54) is 18.2 Å². The lowest BCUT2D eigenvalue weighted by molar-refractivity contribution is -0.240. The molecule has 1 fully saturated rings. The number of aromatic hydroxyl groups is 2. The zero-order valence-corrected chi connectivity index (χ0v) is 17.0. The molecule has 0 spiro atoms. The maximum atomic E-state index is 12.5. The van der Waals surface area contributed by atoms with Gasteiger partial charge < -0.3 is 39.4 Å². The molecule has 2 aromatic carbocycles. The topological polar surface area (TPSA) is 150 Å². The largest absolute Gasteiger partial charge is 0.508 e. The van der Waals surface area contributed by atoms with Gasteiger partial charge in [0.2, 0.25) is 6.29 Å². The number of aryl methyl sites for hydroxylation is 2. The summed E-state index contributed by atoms with van der Waals surface area (Å²) >= 11 is 0. The van der Waals surface area contributed by atoms with Crippen LogP contribution in [0.3, 0.4) is 0 Å². The highest BCUT2D eigenvalue weighted by Crippen LogP contribution is 2.31. The first-order chi connectivity index (χ1) is 15.3. The minimum absolute atomic E-state index is 0.000462. The number of hydrogen-bond donors (Lipinski definition) is 5. The molecule has 3 aromatic rings. The predicted octanol–water partition coefficient (Wildman–Crippen LogP) is 1.20. The van der Waals surface area contributed by atoms with Crippen LogP contribution in [0.5, 0.6) is 17.2 Å². The van der Waals surface area contributed by atoms with Gasteiger partial charge in [-0.1, -0.05) is 12.1 Å². The van der Waals surface area contributed by atoms with Crippen molar-refractivity contribution in [2.24, 2.45) is 0 Å². The van der Waals surface area contributed by atoms with Gasteiger partial charge in [-0.25, -0.2) is 0 Å². The lowest BCUT2D eigenvalue weighted by atomic mass is 10.0. The average molecular weight is 444 g/mol. The first-order valence-corrected chi connectivity index (χ1v) is 10.2. The molecule has 0 radical (unpaired) electrons. The summed E-state index contributed by atoms with van der Waals surface area (Å²) in [4.78, 5) is 12.5. The molecular formula is C23H24O9. The van der Waals surface area contributed by atoms with Crippen LogP contribution in [0.1, 0.15) is 17.7 Å². The van der Waals surface area contributed by atoms with Crippen LogP contribution >= 0.6 is 0 Å². The van der Waals surface area contributed by atoms with Crippen molar-refractivity contribution in [1.82, 2.24) is 0 Å². The molecule has 1 aliphatic heterocycles. The summed E-state index contributed by atoms with van der Waals surface area (Å²) in [5, 5.41) is 49.0. The molecule has 0 aliphatic carbocycles. The second-order valence-corrected chi connectivity index (χ2v) is 7.77. The van der Waals surface area contributed by atoms with E-state index in [2.05, 4.69) is 0 Å². The first kappa shape index (κ1) is 22.1. The monoisotopic (exact) mass is 444 g/mol. The molecule has 1 aliphatic rings. The van der Waals surface area contributed by atoms with E-state index in [9.17, 15) is 30.3 Å². The Balaban J connectivity index is 1.57. The number of ether oxygens (including phenoxy) is 2. The van der Waals surface area contributed by atoms with Crippen LogP contribution in [-0.4, -0.2) is 56.7 Å². The summed E-state index contributed by atoms with van der Waals surface area (Å²) < 4.78 is 16.8. The number of hydrogen-bond acceptors (Lipinski definition) is 9. The van der Waals surface area contributed by atoms with Crippen molar-refractivity contribution >= 4 is 11.0 Å². The molecule has 1 saturated heterocycles. The second kappa shape index (κ2) is 9.17. The average Bonchev–Trinajstić information content (AvgIpc) is 2.74. The Morgan fingerprint density at radius 1 is 1.00 bits per heavy atom. The third-order valence-electron chi connectivity index (χ3n) is 5.40. The molecule has 2 heterocycles. The molecule has 9 nitrogen and oxygen atoms in total.